The van der Waals surface area contributed by atoms with Gasteiger partial charge in [0.1, 0.15) is 11.6 Å². The summed E-state index contributed by atoms with van der Waals surface area (Å²) >= 11 is 5.61. The zero-order valence-corrected chi connectivity index (χ0v) is 15.5. The molecule has 0 bridgehead atoms. The zero-order chi connectivity index (χ0) is 18.1. The lowest BCUT2D eigenvalue weighted by Crippen LogP contribution is -2.30. The molecule has 0 aromatic heterocycles. The first-order valence-corrected chi connectivity index (χ1v) is 9.55. The van der Waals surface area contributed by atoms with E-state index in [1.807, 2.05) is 13.0 Å². The van der Waals surface area contributed by atoms with E-state index in [0.29, 0.717) is 12.4 Å². The minimum Gasteiger partial charge on any atom is -0.390 e. The van der Waals surface area contributed by atoms with Crippen molar-refractivity contribution in [3.63, 3.8) is 0 Å². The van der Waals surface area contributed by atoms with Crippen molar-refractivity contribution >= 4 is 17.5 Å². The molecule has 2 N–H and O–H groups in total. The summed E-state index contributed by atoms with van der Waals surface area (Å²) in [6.45, 7) is 2.68. The Hall–Kier alpha value is -1.99. The summed E-state index contributed by atoms with van der Waals surface area (Å²) in [5.41, 5.74) is 4.03. The number of nitriles is 1. The van der Waals surface area contributed by atoms with Gasteiger partial charge < -0.3 is 10.6 Å². The van der Waals surface area contributed by atoms with Crippen molar-refractivity contribution in [2.45, 2.75) is 51.5 Å². The second-order valence-electron chi connectivity index (χ2n) is 6.34. The van der Waals surface area contributed by atoms with Crippen LogP contribution in [0, 0.1) is 11.3 Å². The Balaban J connectivity index is 2.05. The summed E-state index contributed by atoms with van der Waals surface area (Å²) in [6.07, 6.45) is 7.78. The first kappa shape index (κ1) is 19.3. The van der Waals surface area contributed by atoms with Crippen LogP contribution in [0.15, 0.2) is 30.0 Å². The summed E-state index contributed by atoms with van der Waals surface area (Å²) in [5.74, 6) is 0.205. The van der Waals surface area contributed by atoms with Gasteiger partial charge in [0, 0.05) is 18.6 Å². The van der Waals surface area contributed by atoms with Crippen molar-refractivity contribution in [3.8, 4) is 6.07 Å². The second-order valence-corrected chi connectivity index (χ2v) is 6.71. The maximum absolute atomic E-state index is 12.4. The largest absolute Gasteiger partial charge is 0.390 e. The van der Waals surface area contributed by atoms with E-state index >= 15 is 0 Å². The highest BCUT2D eigenvalue weighted by molar-refractivity contribution is 6.17. The molecule has 1 unspecified atom stereocenters. The number of amides is 1. The third kappa shape index (κ3) is 5.51. The average Bonchev–Trinajstić information content (AvgIpc) is 2.65. The van der Waals surface area contributed by atoms with Crippen LogP contribution < -0.4 is 10.6 Å². The number of hydrogen-bond acceptors (Lipinski definition) is 3. The Morgan fingerprint density at radius 2 is 2.12 bits per heavy atom. The molecule has 1 aliphatic carbocycles. The molecule has 0 aliphatic heterocycles. The fourth-order valence-corrected chi connectivity index (χ4v) is 3.25. The molecule has 134 valence electrons. The molecule has 1 aliphatic rings. The van der Waals surface area contributed by atoms with Crippen LogP contribution in [0.4, 0.5) is 0 Å². The van der Waals surface area contributed by atoms with E-state index in [1.54, 1.807) is 0 Å². The molecule has 1 atom stereocenters. The number of alkyl halides is 1. The first-order chi connectivity index (χ1) is 12.2. The molecule has 0 radical (unpaired) electrons. The van der Waals surface area contributed by atoms with Gasteiger partial charge >= 0.3 is 0 Å². The average molecular weight is 360 g/mol. The molecule has 4 nitrogen and oxygen atoms in total. The number of carbonyl (C=O) groups is 1. The Morgan fingerprint density at radius 1 is 1.36 bits per heavy atom. The molecular weight excluding hydrogens is 334 g/mol. The van der Waals surface area contributed by atoms with E-state index in [0.717, 1.165) is 31.2 Å². The van der Waals surface area contributed by atoms with Gasteiger partial charge in [-0.15, -0.1) is 11.6 Å². The maximum atomic E-state index is 12.4. The van der Waals surface area contributed by atoms with Gasteiger partial charge in [-0.3, -0.25) is 4.79 Å². The zero-order valence-electron chi connectivity index (χ0n) is 14.8. The molecule has 1 aromatic rings. The predicted molar refractivity (Wildman–Crippen MR) is 101 cm³/mol. The predicted octanol–water partition coefficient (Wildman–Crippen LogP) is 3.76. The summed E-state index contributed by atoms with van der Waals surface area (Å²) in [7, 11) is 0. The van der Waals surface area contributed by atoms with E-state index < -0.39 is 0 Å². The van der Waals surface area contributed by atoms with E-state index in [4.69, 9.17) is 11.6 Å². The van der Waals surface area contributed by atoms with Gasteiger partial charge in [0.2, 0.25) is 0 Å². The summed E-state index contributed by atoms with van der Waals surface area (Å²) < 4.78 is 0. The third-order valence-electron chi connectivity index (χ3n) is 4.55. The number of rotatable bonds is 8. The first-order valence-electron chi connectivity index (χ1n) is 9.01. The SMILES string of the molecule is CCC(NC(=O)/C(C#N)=C\NCCCCl)c1ccc2c(c1)CCCC2. The maximum Gasteiger partial charge on any atom is 0.263 e. The van der Waals surface area contributed by atoms with Gasteiger partial charge in [-0.05, 0) is 55.2 Å². The molecule has 0 fully saturated rings. The van der Waals surface area contributed by atoms with Crippen LogP contribution in [0.5, 0.6) is 0 Å². The monoisotopic (exact) mass is 359 g/mol. The summed E-state index contributed by atoms with van der Waals surface area (Å²) in [6, 6.07) is 8.39. The molecule has 0 spiro atoms. The highest BCUT2D eigenvalue weighted by Crippen LogP contribution is 2.26. The van der Waals surface area contributed by atoms with Crippen molar-refractivity contribution < 1.29 is 4.79 Å². The van der Waals surface area contributed by atoms with Gasteiger partial charge in [-0.1, -0.05) is 25.1 Å². The van der Waals surface area contributed by atoms with Gasteiger partial charge in [-0.25, -0.2) is 0 Å². The molecule has 5 heteroatoms. The van der Waals surface area contributed by atoms with Crippen LogP contribution >= 0.6 is 11.6 Å². The van der Waals surface area contributed by atoms with Crippen molar-refractivity contribution in [3.05, 3.63) is 46.7 Å². The number of benzene rings is 1. The highest BCUT2D eigenvalue weighted by atomic mass is 35.5. The molecule has 1 aromatic carbocycles. The van der Waals surface area contributed by atoms with Crippen LogP contribution in [-0.2, 0) is 17.6 Å². The standard InChI is InChI=1S/C20H26ClN3O/c1-2-19(17-9-8-15-6-3-4-7-16(15)12-17)24-20(25)18(13-22)14-23-11-5-10-21/h8-9,12,14,19,23H,2-7,10-11H2,1H3,(H,24,25)/b18-14-. The van der Waals surface area contributed by atoms with Crippen LogP contribution in [0.25, 0.3) is 0 Å². The van der Waals surface area contributed by atoms with Gasteiger partial charge in [0.15, 0.2) is 0 Å². The fraction of sp³-hybridized carbons (Fsp3) is 0.500. The third-order valence-corrected chi connectivity index (χ3v) is 4.82. The number of halogens is 1. The number of aryl methyl sites for hydroxylation is 2. The van der Waals surface area contributed by atoms with E-state index in [2.05, 4.69) is 28.8 Å². The number of nitrogens with one attached hydrogen (secondary N) is 2. The Morgan fingerprint density at radius 3 is 2.80 bits per heavy atom. The quantitative estimate of drug-likeness (QED) is 0.321. The topological polar surface area (TPSA) is 64.9 Å². The number of hydrogen-bond donors (Lipinski definition) is 2. The Labute approximate surface area is 155 Å². The summed E-state index contributed by atoms with van der Waals surface area (Å²) in [5, 5.41) is 15.2. The molecular formula is C20H26ClN3O. The van der Waals surface area contributed by atoms with E-state index in [9.17, 15) is 10.1 Å². The van der Waals surface area contributed by atoms with Crippen molar-refractivity contribution in [1.82, 2.24) is 10.6 Å². The lowest BCUT2D eigenvalue weighted by Gasteiger charge is -2.21. The minimum atomic E-state index is -0.342. The number of carbonyl (C=O) groups excluding carboxylic acids is 1. The van der Waals surface area contributed by atoms with Crippen molar-refractivity contribution in [2.75, 3.05) is 12.4 Å². The lowest BCUT2D eigenvalue weighted by molar-refractivity contribution is -0.117. The lowest BCUT2D eigenvalue weighted by atomic mass is 9.88. The molecule has 0 heterocycles. The fourth-order valence-electron chi connectivity index (χ4n) is 3.12. The normalized spacial score (nSPS) is 15.0. The van der Waals surface area contributed by atoms with E-state index in [-0.39, 0.29) is 17.5 Å². The minimum absolute atomic E-state index is 0.0840. The molecule has 0 saturated carbocycles. The van der Waals surface area contributed by atoms with Gasteiger partial charge in [0.25, 0.3) is 5.91 Å². The smallest absolute Gasteiger partial charge is 0.263 e. The van der Waals surface area contributed by atoms with Crippen LogP contribution in [0.1, 0.15) is 55.3 Å². The van der Waals surface area contributed by atoms with Crippen molar-refractivity contribution in [1.29, 1.82) is 5.26 Å². The van der Waals surface area contributed by atoms with Gasteiger partial charge in [-0.2, -0.15) is 5.26 Å². The number of nitrogens with zero attached hydrogens (tertiary/aromatic N) is 1. The Kier molecular flexibility index (Phi) is 7.81. The molecule has 2 rings (SSSR count). The van der Waals surface area contributed by atoms with E-state index in [1.165, 1.54) is 30.2 Å². The van der Waals surface area contributed by atoms with Gasteiger partial charge in [0.05, 0.1) is 6.04 Å². The molecule has 0 saturated heterocycles. The number of fused-ring (bicyclic) bond motifs is 1. The highest BCUT2D eigenvalue weighted by Gasteiger charge is 2.18. The van der Waals surface area contributed by atoms with Crippen LogP contribution in [-0.4, -0.2) is 18.3 Å². The van der Waals surface area contributed by atoms with Crippen molar-refractivity contribution in [2.24, 2.45) is 0 Å². The molecule has 1 amide bonds. The Bertz CT molecular complexity index is 663. The summed E-state index contributed by atoms with van der Waals surface area (Å²) in [4.78, 5) is 12.4. The van der Waals surface area contributed by atoms with Crippen LogP contribution in [0.2, 0.25) is 0 Å². The van der Waals surface area contributed by atoms with Crippen LogP contribution in [0.3, 0.4) is 0 Å². The second kappa shape index (κ2) is 10.1. The molecule has 25 heavy (non-hydrogen) atoms.